The van der Waals surface area contributed by atoms with Gasteiger partial charge in [-0.3, -0.25) is 4.79 Å². The molecule has 92 valence electrons. The lowest BCUT2D eigenvalue weighted by molar-refractivity contribution is -0.142. The van der Waals surface area contributed by atoms with E-state index in [0.29, 0.717) is 19.4 Å². The molecule has 6 heteroatoms. The second-order valence-electron chi connectivity index (χ2n) is 3.86. The molecule has 0 saturated carbocycles. The fourth-order valence-corrected chi connectivity index (χ4v) is 1.69. The van der Waals surface area contributed by atoms with Crippen molar-refractivity contribution in [1.82, 2.24) is 10.6 Å². The molecule has 0 aliphatic carbocycles. The number of methoxy groups -OCH3 is 1. The van der Waals surface area contributed by atoms with Crippen LogP contribution in [0, 0.1) is 0 Å². The number of nitrogens with one attached hydrogen (secondary N) is 2. The average Bonchev–Trinajstić information content (AvgIpc) is 2.73. The zero-order valence-corrected chi connectivity index (χ0v) is 9.53. The summed E-state index contributed by atoms with van der Waals surface area (Å²) in [5.74, 6) is -1.27. The summed E-state index contributed by atoms with van der Waals surface area (Å²) in [4.78, 5) is 22.4. The van der Waals surface area contributed by atoms with Crippen molar-refractivity contribution >= 4 is 11.9 Å². The predicted molar refractivity (Wildman–Crippen MR) is 57.1 cm³/mol. The van der Waals surface area contributed by atoms with Crippen LogP contribution in [0.3, 0.4) is 0 Å². The Kier molecular flexibility index (Phi) is 4.70. The zero-order valence-electron chi connectivity index (χ0n) is 9.53. The summed E-state index contributed by atoms with van der Waals surface area (Å²) in [5, 5.41) is 14.3. The van der Waals surface area contributed by atoms with Crippen molar-refractivity contribution in [1.29, 1.82) is 0 Å². The highest BCUT2D eigenvalue weighted by Crippen LogP contribution is 2.09. The van der Waals surface area contributed by atoms with Gasteiger partial charge in [-0.25, -0.2) is 4.79 Å². The second-order valence-corrected chi connectivity index (χ2v) is 3.86. The molecule has 0 radical (unpaired) electrons. The first kappa shape index (κ1) is 12.9. The van der Waals surface area contributed by atoms with Crippen LogP contribution in [0.2, 0.25) is 0 Å². The maximum Gasteiger partial charge on any atom is 0.326 e. The van der Waals surface area contributed by atoms with E-state index in [1.165, 1.54) is 0 Å². The lowest BCUT2D eigenvalue weighted by Gasteiger charge is -2.15. The van der Waals surface area contributed by atoms with E-state index in [4.69, 9.17) is 9.84 Å². The van der Waals surface area contributed by atoms with Crippen molar-refractivity contribution in [3.05, 3.63) is 0 Å². The van der Waals surface area contributed by atoms with E-state index in [9.17, 15) is 9.59 Å². The van der Waals surface area contributed by atoms with E-state index in [2.05, 4.69) is 10.6 Å². The quantitative estimate of drug-likeness (QED) is 0.583. The minimum atomic E-state index is -1.00. The molecule has 2 unspecified atom stereocenters. The van der Waals surface area contributed by atoms with E-state index in [0.717, 1.165) is 0 Å². The Bertz CT molecular complexity index is 270. The van der Waals surface area contributed by atoms with Crippen LogP contribution in [0.4, 0.5) is 0 Å². The highest BCUT2D eigenvalue weighted by atomic mass is 16.5. The molecule has 1 rings (SSSR count). The monoisotopic (exact) mass is 230 g/mol. The van der Waals surface area contributed by atoms with E-state index < -0.39 is 12.0 Å². The maximum atomic E-state index is 11.7. The van der Waals surface area contributed by atoms with Crippen LogP contribution in [0.1, 0.15) is 19.8 Å². The number of carbonyl (C=O) groups is 2. The molecular formula is C10H18N2O4. The van der Waals surface area contributed by atoms with Crippen molar-refractivity contribution in [3.63, 3.8) is 0 Å². The number of amides is 1. The SMILES string of the molecule is CC[C@H](NC(=O)C1CC(OC)CN1)C(=O)O. The van der Waals surface area contributed by atoms with Gasteiger partial charge in [0.2, 0.25) is 5.91 Å². The number of aliphatic carboxylic acids is 1. The molecule has 0 aromatic rings. The Balaban J connectivity index is 2.43. The number of hydrogen-bond acceptors (Lipinski definition) is 4. The summed E-state index contributed by atoms with van der Waals surface area (Å²) in [7, 11) is 1.60. The number of hydrogen-bond donors (Lipinski definition) is 3. The van der Waals surface area contributed by atoms with Gasteiger partial charge >= 0.3 is 5.97 Å². The first-order chi connectivity index (χ1) is 7.58. The van der Waals surface area contributed by atoms with Gasteiger partial charge in [-0.1, -0.05) is 6.92 Å². The molecular weight excluding hydrogens is 212 g/mol. The normalized spacial score (nSPS) is 26.4. The van der Waals surface area contributed by atoms with Crippen LogP contribution < -0.4 is 10.6 Å². The van der Waals surface area contributed by atoms with E-state index >= 15 is 0 Å². The largest absolute Gasteiger partial charge is 0.480 e. The van der Waals surface area contributed by atoms with Crippen molar-refractivity contribution in [2.75, 3.05) is 13.7 Å². The van der Waals surface area contributed by atoms with Crippen LogP contribution in [-0.4, -0.2) is 48.8 Å². The second kappa shape index (κ2) is 5.81. The number of rotatable bonds is 5. The zero-order chi connectivity index (χ0) is 12.1. The van der Waals surface area contributed by atoms with Gasteiger partial charge in [0.05, 0.1) is 12.1 Å². The van der Waals surface area contributed by atoms with Crippen LogP contribution in [0.25, 0.3) is 0 Å². The summed E-state index contributed by atoms with van der Waals surface area (Å²) in [6.45, 7) is 2.34. The molecule has 1 heterocycles. The highest BCUT2D eigenvalue weighted by Gasteiger charge is 2.31. The maximum absolute atomic E-state index is 11.7. The smallest absolute Gasteiger partial charge is 0.326 e. The van der Waals surface area contributed by atoms with Crippen LogP contribution in [0.5, 0.6) is 0 Å². The minimum absolute atomic E-state index is 0.0284. The fraction of sp³-hybridized carbons (Fsp3) is 0.800. The molecule has 3 N–H and O–H groups in total. The number of ether oxygens (including phenoxy) is 1. The molecule has 0 spiro atoms. The summed E-state index contributed by atoms with van der Waals surface area (Å²) >= 11 is 0. The van der Waals surface area contributed by atoms with Gasteiger partial charge in [-0.2, -0.15) is 0 Å². The van der Waals surface area contributed by atoms with Crippen LogP contribution in [-0.2, 0) is 14.3 Å². The van der Waals surface area contributed by atoms with Crippen molar-refractivity contribution in [2.24, 2.45) is 0 Å². The Hall–Kier alpha value is -1.14. The molecule has 3 atom stereocenters. The Morgan fingerprint density at radius 3 is 2.75 bits per heavy atom. The Labute approximate surface area is 94.3 Å². The molecule has 0 aromatic heterocycles. The lowest BCUT2D eigenvalue weighted by Crippen LogP contribution is -2.47. The predicted octanol–water partition coefficient (Wildman–Crippen LogP) is -0.657. The number of carboxylic acids is 1. The van der Waals surface area contributed by atoms with E-state index in [-0.39, 0.29) is 18.1 Å². The van der Waals surface area contributed by atoms with Crippen molar-refractivity contribution in [2.45, 2.75) is 38.0 Å². The third-order valence-electron chi connectivity index (χ3n) is 2.76. The fourth-order valence-electron chi connectivity index (χ4n) is 1.69. The molecule has 1 fully saturated rings. The highest BCUT2D eigenvalue weighted by molar-refractivity contribution is 5.87. The third kappa shape index (κ3) is 3.18. The van der Waals surface area contributed by atoms with Gasteiger partial charge in [0.15, 0.2) is 0 Å². The number of carboxylic acid groups (broad SMARTS) is 1. The minimum Gasteiger partial charge on any atom is -0.480 e. The lowest BCUT2D eigenvalue weighted by atomic mass is 10.1. The molecule has 0 bridgehead atoms. The van der Waals surface area contributed by atoms with Crippen LogP contribution >= 0.6 is 0 Å². The summed E-state index contributed by atoms with van der Waals surface area (Å²) in [6.07, 6.45) is 0.987. The van der Waals surface area contributed by atoms with Gasteiger partial charge in [0, 0.05) is 13.7 Å². The first-order valence-corrected chi connectivity index (χ1v) is 5.37. The van der Waals surface area contributed by atoms with Gasteiger partial charge in [-0.05, 0) is 12.8 Å². The summed E-state index contributed by atoms with van der Waals surface area (Å²) < 4.78 is 5.11. The van der Waals surface area contributed by atoms with Crippen molar-refractivity contribution < 1.29 is 19.4 Å². The molecule has 1 aliphatic rings. The van der Waals surface area contributed by atoms with Gasteiger partial charge in [0.25, 0.3) is 0 Å². The molecule has 1 aliphatic heterocycles. The van der Waals surface area contributed by atoms with Gasteiger partial charge in [0.1, 0.15) is 6.04 Å². The summed E-state index contributed by atoms with van der Waals surface area (Å²) in [5.41, 5.74) is 0. The Morgan fingerprint density at radius 2 is 2.31 bits per heavy atom. The van der Waals surface area contributed by atoms with E-state index in [1.54, 1.807) is 14.0 Å². The van der Waals surface area contributed by atoms with Crippen LogP contribution in [0.15, 0.2) is 0 Å². The average molecular weight is 230 g/mol. The molecule has 0 aromatic carbocycles. The third-order valence-corrected chi connectivity index (χ3v) is 2.76. The standard InChI is InChI=1S/C10H18N2O4/c1-3-7(10(14)15)12-9(13)8-4-6(16-2)5-11-8/h6-8,11H,3-5H2,1-2H3,(H,12,13)(H,14,15)/t6?,7-,8?/m0/s1. The molecule has 6 nitrogen and oxygen atoms in total. The van der Waals surface area contributed by atoms with Gasteiger partial charge < -0.3 is 20.5 Å². The summed E-state index contributed by atoms with van der Waals surface area (Å²) in [6, 6.07) is -1.16. The topological polar surface area (TPSA) is 87.7 Å². The number of carbonyl (C=O) groups excluding carboxylic acids is 1. The Morgan fingerprint density at radius 1 is 1.62 bits per heavy atom. The molecule has 1 saturated heterocycles. The first-order valence-electron chi connectivity index (χ1n) is 5.37. The van der Waals surface area contributed by atoms with Gasteiger partial charge in [-0.15, -0.1) is 0 Å². The molecule has 16 heavy (non-hydrogen) atoms. The molecule has 1 amide bonds. The van der Waals surface area contributed by atoms with E-state index in [1.807, 2.05) is 0 Å². The van der Waals surface area contributed by atoms with Crippen molar-refractivity contribution in [3.8, 4) is 0 Å².